The first-order valence-electron chi connectivity index (χ1n) is 7.53. The zero-order valence-electron chi connectivity index (χ0n) is 14.0. The zero-order chi connectivity index (χ0) is 16.7. The number of imidazole rings is 1. The van der Waals surface area contributed by atoms with Gasteiger partial charge in [-0.2, -0.15) is 0 Å². The summed E-state index contributed by atoms with van der Waals surface area (Å²) in [5.74, 6) is -0.0936. The summed E-state index contributed by atoms with van der Waals surface area (Å²) in [5, 5.41) is 1.02. The number of carbonyl (C=O) groups is 1. The molecule has 0 bridgehead atoms. The standard InChI is InChI=1S/C17H20N4OS/c1-10-6-7-15-19-14(9-21(15)8-10)17(22)20(5)11(2)16-12(3)23-13(4)18-16/h6-9,11H,1-5H3. The highest BCUT2D eigenvalue weighted by atomic mass is 32.1. The van der Waals surface area contributed by atoms with Gasteiger partial charge in [0.2, 0.25) is 0 Å². The summed E-state index contributed by atoms with van der Waals surface area (Å²) in [6, 6.07) is 3.83. The van der Waals surface area contributed by atoms with Gasteiger partial charge in [0.25, 0.3) is 5.91 Å². The van der Waals surface area contributed by atoms with Gasteiger partial charge in [-0.05, 0) is 39.3 Å². The number of hydrogen-bond acceptors (Lipinski definition) is 4. The molecule has 0 radical (unpaired) electrons. The van der Waals surface area contributed by atoms with E-state index in [0.29, 0.717) is 5.69 Å². The van der Waals surface area contributed by atoms with Gasteiger partial charge in [0.15, 0.2) is 0 Å². The molecule has 5 nitrogen and oxygen atoms in total. The smallest absolute Gasteiger partial charge is 0.274 e. The molecule has 3 heterocycles. The molecule has 3 aromatic rings. The van der Waals surface area contributed by atoms with Gasteiger partial charge in [-0.1, -0.05) is 6.07 Å². The van der Waals surface area contributed by atoms with Crippen LogP contribution in [0.2, 0.25) is 0 Å². The van der Waals surface area contributed by atoms with Crippen molar-refractivity contribution in [3.05, 3.63) is 51.4 Å². The summed E-state index contributed by atoms with van der Waals surface area (Å²) in [6.07, 6.45) is 3.75. The summed E-state index contributed by atoms with van der Waals surface area (Å²) in [4.78, 5) is 24.6. The van der Waals surface area contributed by atoms with Crippen LogP contribution < -0.4 is 0 Å². The van der Waals surface area contributed by atoms with Gasteiger partial charge < -0.3 is 9.30 Å². The van der Waals surface area contributed by atoms with E-state index < -0.39 is 0 Å². The first-order valence-corrected chi connectivity index (χ1v) is 8.35. The van der Waals surface area contributed by atoms with Crippen LogP contribution in [0.1, 0.15) is 44.6 Å². The van der Waals surface area contributed by atoms with E-state index in [1.165, 1.54) is 0 Å². The molecule has 1 unspecified atom stereocenters. The largest absolute Gasteiger partial charge is 0.332 e. The number of amides is 1. The lowest BCUT2D eigenvalue weighted by Gasteiger charge is -2.23. The van der Waals surface area contributed by atoms with Crippen molar-refractivity contribution in [2.75, 3.05) is 7.05 Å². The Hall–Kier alpha value is -2.21. The third-order valence-corrected chi connectivity index (χ3v) is 4.96. The summed E-state index contributed by atoms with van der Waals surface area (Å²) < 4.78 is 1.89. The van der Waals surface area contributed by atoms with Crippen molar-refractivity contribution in [2.24, 2.45) is 0 Å². The fourth-order valence-corrected chi connectivity index (χ4v) is 3.59. The number of hydrogen-bond donors (Lipinski definition) is 0. The number of thiazole rings is 1. The number of aromatic nitrogens is 3. The van der Waals surface area contributed by atoms with Crippen molar-refractivity contribution in [3.63, 3.8) is 0 Å². The Morgan fingerprint density at radius 3 is 2.61 bits per heavy atom. The zero-order valence-corrected chi connectivity index (χ0v) is 14.8. The van der Waals surface area contributed by atoms with E-state index in [-0.39, 0.29) is 11.9 Å². The van der Waals surface area contributed by atoms with E-state index in [1.807, 2.05) is 50.4 Å². The van der Waals surface area contributed by atoms with Gasteiger partial charge in [-0.3, -0.25) is 4.79 Å². The van der Waals surface area contributed by atoms with E-state index >= 15 is 0 Å². The predicted octanol–water partition coefficient (Wildman–Crippen LogP) is 3.55. The second kappa shape index (κ2) is 5.77. The quantitative estimate of drug-likeness (QED) is 0.739. The molecular weight excluding hydrogens is 308 g/mol. The van der Waals surface area contributed by atoms with Crippen molar-refractivity contribution >= 4 is 22.9 Å². The van der Waals surface area contributed by atoms with Gasteiger partial charge in [0.1, 0.15) is 11.3 Å². The molecule has 0 saturated carbocycles. The number of rotatable bonds is 3. The minimum atomic E-state index is -0.0936. The summed E-state index contributed by atoms with van der Waals surface area (Å²) >= 11 is 1.66. The average Bonchev–Trinajstić information content (AvgIpc) is 3.07. The monoisotopic (exact) mass is 328 g/mol. The molecular formula is C17H20N4OS. The van der Waals surface area contributed by atoms with Gasteiger partial charge in [-0.15, -0.1) is 11.3 Å². The van der Waals surface area contributed by atoms with E-state index in [1.54, 1.807) is 29.5 Å². The highest BCUT2D eigenvalue weighted by Crippen LogP contribution is 2.26. The van der Waals surface area contributed by atoms with Crippen molar-refractivity contribution < 1.29 is 4.79 Å². The Labute approximate surface area is 139 Å². The molecule has 0 N–H and O–H groups in total. The molecule has 0 aliphatic rings. The Kier molecular flexibility index (Phi) is 3.93. The van der Waals surface area contributed by atoms with Crippen molar-refractivity contribution in [1.82, 2.24) is 19.3 Å². The number of aryl methyl sites for hydroxylation is 3. The van der Waals surface area contributed by atoms with E-state index in [2.05, 4.69) is 9.97 Å². The molecule has 0 spiro atoms. The van der Waals surface area contributed by atoms with Crippen LogP contribution in [0.5, 0.6) is 0 Å². The maximum absolute atomic E-state index is 12.8. The molecule has 0 aliphatic heterocycles. The Balaban J connectivity index is 1.89. The number of fused-ring (bicyclic) bond motifs is 1. The average molecular weight is 328 g/mol. The van der Waals surface area contributed by atoms with Gasteiger partial charge in [0, 0.05) is 24.3 Å². The first-order chi connectivity index (χ1) is 10.9. The van der Waals surface area contributed by atoms with Gasteiger partial charge in [-0.25, -0.2) is 9.97 Å². The predicted molar refractivity (Wildman–Crippen MR) is 92.0 cm³/mol. The molecule has 1 atom stereocenters. The summed E-state index contributed by atoms with van der Waals surface area (Å²) in [7, 11) is 1.80. The third-order valence-electron chi connectivity index (χ3n) is 4.05. The fourth-order valence-electron chi connectivity index (χ4n) is 2.68. The molecule has 0 aliphatic carbocycles. The van der Waals surface area contributed by atoms with Crippen LogP contribution in [-0.2, 0) is 0 Å². The van der Waals surface area contributed by atoms with E-state index in [0.717, 1.165) is 26.8 Å². The van der Waals surface area contributed by atoms with Crippen LogP contribution in [0.3, 0.4) is 0 Å². The number of nitrogens with zero attached hydrogens (tertiary/aromatic N) is 4. The topological polar surface area (TPSA) is 50.5 Å². The Morgan fingerprint density at radius 2 is 1.96 bits per heavy atom. The SMILES string of the molecule is Cc1ccc2nc(C(=O)N(C)C(C)c3nc(C)sc3C)cn2c1. The lowest BCUT2D eigenvalue weighted by molar-refractivity contribution is 0.0734. The number of carbonyl (C=O) groups excluding carboxylic acids is 1. The van der Waals surface area contributed by atoms with Crippen molar-refractivity contribution in [2.45, 2.75) is 33.7 Å². The number of pyridine rings is 1. The summed E-state index contributed by atoms with van der Waals surface area (Å²) in [5.41, 5.74) is 3.32. The molecule has 0 saturated heterocycles. The highest BCUT2D eigenvalue weighted by Gasteiger charge is 2.24. The minimum Gasteiger partial charge on any atom is -0.332 e. The van der Waals surface area contributed by atoms with E-state index in [9.17, 15) is 4.79 Å². The highest BCUT2D eigenvalue weighted by molar-refractivity contribution is 7.11. The molecule has 3 aromatic heterocycles. The van der Waals surface area contributed by atoms with E-state index in [4.69, 9.17) is 0 Å². The lowest BCUT2D eigenvalue weighted by Crippen LogP contribution is -2.30. The molecule has 3 rings (SSSR count). The van der Waals surface area contributed by atoms with Crippen molar-refractivity contribution in [1.29, 1.82) is 0 Å². The van der Waals surface area contributed by atoms with Crippen LogP contribution >= 0.6 is 11.3 Å². The summed E-state index contributed by atoms with van der Waals surface area (Å²) in [6.45, 7) is 8.05. The van der Waals surface area contributed by atoms with Gasteiger partial charge in [0.05, 0.1) is 16.7 Å². The van der Waals surface area contributed by atoms with Crippen LogP contribution in [0.4, 0.5) is 0 Å². The Morgan fingerprint density at radius 1 is 1.22 bits per heavy atom. The minimum absolute atomic E-state index is 0.0843. The molecule has 23 heavy (non-hydrogen) atoms. The van der Waals surface area contributed by atoms with Crippen LogP contribution in [0.15, 0.2) is 24.5 Å². The lowest BCUT2D eigenvalue weighted by atomic mass is 10.2. The van der Waals surface area contributed by atoms with Crippen LogP contribution in [0.25, 0.3) is 5.65 Å². The second-order valence-corrected chi connectivity index (χ2v) is 7.27. The normalized spacial score (nSPS) is 12.6. The van der Waals surface area contributed by atoms with Crippen molar-refractivity contribution in [3.8, 4) is 0 Å². The molecule has 120 valence electrons. The molecule has 0 fully saturated rings. The second-order valence-electron chi connectivity index (χ2n) is 5.86. The molecule has 1 amide bonds. The van der Waals surface area contributed by atoms with Gasteiger partial charge >= 0.3 is 0 Å². The maximum Gasteiger partial charge on any atom is 0.274 e. The molecule has 6 heteroatoms. The fraction of sp³-hybridized carbons (Fsp3) is 0.353. The van der Waals surface area contributed by atoms with Crippen LogP contribution in [-0.4, -0.2) is 32.2 Å². The molecule has 0 aromatic carbocycles. The Bertz CT molecular complexity index is 880. The maximum atomic E-state index is 12.8. The van der Waals surface area contributed by atoms with Crippen LogP contribution in [0, 0.1) is 20.8 Å². The third kappa shape index (κ3) is 2.86. The first kappa shape index (κ1) is 15.7.